The Morgan fingerprint density at radius 3 is 2.62 bits per heavy atom. The highest BCUT2D eigenvalue weighted by molar-refractivity contribution is 6.33. The molecule has 7 heteroatoms. The van der Waals surface area contributed by atoms with E-state index in [2.05, 4.69) is 10.4 Å². The van der Waals surface area contributed by atoms with Gasteiger partial charge in [-0.05, 0) is 17.7 Å². The highest BCUT2D eigenvalue weighted by Crippen LogP contribution is 2.27. The second-order valence-corrected chi connectivity index (χ2v) is 4.74. The summed E-state index contributed by atoms with van der Waals surface area (Å²) in [6.45, 7) is 0.348. The van der Waals surface area contributed by atoms with Crippen molar-refractivity contribution in [2.24, 2.45) is 7.05 Å². The maximum atomic E-state index is 12.1. The van der Waals surface area contributed by atoms with Crippen LogP contribution in [0.25, 0.3) is 0 Å². The molecule has 0 saturated heterocycles. The smallest absolute Gasteiger partial charge is 0.271 e. The van der Waals surface area contributed by atoms with Crippen molar-refractivity contribution in [3.63, 3.8) is 0 Å². The molecule has 0 atom stereocenters. The number of nitrogens with zero attached hydrogens (tertiary/aromatic N) is 2. The standard InChI is InChI=1S/C14H16ClN3O3/c1-18-13(10(15)8-17-18)14(19)16-7-9-4-5-11(20-2)12(6-9)21-3/h4-6,8H,7H2,1-3H3,(H,16,19). The lowest BCUT2D eigenvalue weighted by molar-refractivity contribution is 0.0941. The van der Waals surface area contributed by atoms with Crippen LogP contribution in [-0.2, 0) is 13.6 Å². The summed E-state index contributed by atoms with van der Waals surface area (Å²) in [6.07, 6.45) is 1.44. The van der Waals surface area contributed by atoms with E-state index in [0.29, 0.717) is 28.8 Å². The highest BCUT2D eigenvalue weighted by atomic mass is 35.5. The molecule has 0 unspecified atom stereocenters. The molecule has 2 rings (SSSR count). The zero-order valence-corrected chi connectivity index (χ0v) is 12.8. The van der Waals surface area contributed by atoms with E-state index in [1.165, 1.54) is 10.9 Å². The molecule has 2 aromatic rings. The predicted octanol–water partition coefficient (Wildman–Crippen LogP) is 2.02. The van der Waals surface area contributed by atoms with Gasteiger partial charge in [0.2, 0.25) is 0 Å². The molecule has 1 heterocycles. The SMILES string of the molecule is COc1ccc(CNC(=O)c2c(Cl)cnn2C)cc1OC. The third-order valence-corrected chi connectivity index (χ3v) is 3.29. The van der Waals surface area contributed by atoms with Crippen molar-refractivity contribution in [1.29, 1.82) is 0 Å². The summed E-state index contributed by atoms with van der Waals surface area (Å²) in [7, 11) is 4.80. The second kappa shape index (κ2) is 6.49. The molecule has 1 aromatic carbocycles. The number of rotatable bonds is 5. The molecular formula is C14H16ClN3O3. The Hall–Kier alpha value is -2.21. The molecule has 0 fully saturated rings. The third-order valence-electron chi connectivity index (χ3n) is 3.01. The molecule has 0 radical (unpaired) electrons. The largest absolute Gasteiger partial charge is 0.493 e. The fourth-order valence-electron chi connectivity index (χ4n) is 1.92. The molecule has 1 aromatic heterocycles. The van der Waals surface area contributed by atoms with Crippen molar-refractivity contribution in [3.8, 4) is 11.5 Å². The molecule has 1 N–H and O–H groups in total. The topological polar surface area (TPSA) is 65.4 Å². The van der Waals surface area contributed by atoms with Crippen molar-refractivity contribution >= 4 is 17.5 Å². The molecule has 21 heavy (non-hydrogen) atoms. The average Bonchev–Trinajstić information content (AvgIpc) is 2.83. The first-order valence-corrected chi connectivity index (χ1v) is 6.61. The van der Waals surface area contributed by atoms with E-state index in [1.54, 1.807) is 27.3 Å². The minimum Gasteiger partial charge on any atom is -0.493 e. The van der Waals surface area contributed by atoms with Gasteiger partial charge in [-0.3, -0.25) is 9.48 Å². The molecule has 0 aliphatic rings. The lowest BCUT2D eigenvalue weighted by Crippen LogP contribution is -2.25. The fourth-order valence-corrected chi connectivity index (χ4v) is 2.17. The zero-order chi connectivity index (χ0) is 15.4. The van der Waals surface area contributed by atoms with Crippen LogP contribution in [0.1, 0.15) is 16.1 Å². The van der Waals surface area contributed by atoms with Crippen molar-refractivity contribution in [3.05, 3.63) is 40.7 Å². The number of benzene rings is 1. The van der Waals surface area contributed by atoms with E-state index in [9.17, 15) is 4.79 Å². The Kier molecular flexibility index (Phi) is 4.70. The van der Waals surface area contributed by atoms with Gasteiger partial charge in [-0.15, -0.1) is 0 Å². The van der Waals surface area contributed by atoms with Crippen LogP contribution < -0.4 is 14.8 Å². The van der Waals surface area contributed by atoms with E-state index < -0.39 is 0 Å². The number of hydrogen-bond acceptors (Lipinski definition) is 4. The number of aryl methyl sites for hydroxylation is 1. The summed E-state index contributed by atoms with van der Waals surface area (Å²) >= 11 is 5.93. The highest BCUT2D eigenvalue weighted by Gasteiger charge is 2.15. The van der Waals surface area contributed by atoms with Gasteiger partial charge in [0.25, 0.3) is 5.91 Å². The van der Waals surface area contributed by atoms with Crippen LogP contribution in [0.3, 0.4) is 0 Å². The van der Waals surface area contributed by atoms with Crippen LogP contribution in [0.15, 0.2) is 24.4 Å². The Morgan fingerprint density at radius 2 is 2.05 bits per heavy atom. The minimum absolute atomic E-state index is 0.283. The summed E-state index contributed by atoms with van der Waals surface area (Å²) in [5, 5.41) is 7.04. The summed E-state index contributed by atoms with van der Waals surface area (Å²) < 4.78 is 11.8. The van der Waals surface area contributed by atoms with Gasteiger partial charge in [-0.1, -0.05) is 17.7 Å². The molecule has 0 aliphatic heterocycles. The van der Waals surface area contributed by atoms with E-state index in [4.69, 9.17) is 21.1 Å². The Balaban J connectivity index is 2.08. The number of carbonyl (C=O) groups is 1. The summed E-state index contributed by atoms with van der Waals surface area (Å²) in [5.74, 6) is 0.972. The monoisotopic (exact) mass is 309 g/mol. The minimum atomic E-state index is -0.283. The van der Waals surface area contributed by atoms with Gasteiger partial charge < -0.3 is 14.8 Å². The number of aromatic nitrogens is 2. The normalized spacial score (nSPS) is 10.3. The van der Waals surface area contributed by atoms with Crippen molar-refractivity contribution < 1.29 is 14.3 Å². The molecule has 0 saturated carbocycles. The maximum absolute atomic E-state index is 12.1. The number of halogens is 1. The van der Waals surface area contributed by atoms with Crippen LogP contribution >= 0.6 is 11.6 Å². The second-order valence-electron chi connectivity index (χ2n) is 4.34. The van der Waals surface area contributed by atoms with Crippen LogP contribution in [0.4, 0.5) is 0 Å². The first-order chi connectivity index (χ1) is 10.1. The number of ether oxygens (including phenoxy) is 2. The number of hydrogen-bond donors (Lipinski definition) is 1. The molecule has 0 bridgehead atoms. The van der Waals surface area contributed by atoms with Crippen LogP contribution in [0.5, 0.6) is 11.5 Å². The first-order valence-electron chi connectivity index (χ1n) is 6.23. The predicted molar refractivity (Wildman–Crippen MR) is 78.9 cm³/mol. The van der Waals surface area contributed by atoms with Gasteiger partial charge in [0.1, 0.15) is 5.69 Å². The van der Waals surface area contributed by atoms with Crippen LogP contribution in [-0.4, -0.2) is 29.9 Å². The van der Waals surface area contributed by atoms with Gasteiger partial charge in [-0.2, -0.15) is 5.10 Å². The number of carbonyl (C=O) groups excluding carboxylic acids is 1. The fraction of sp³-hybridized carbons (Fsp3) is 0.286. The molecule has 0 aliphatic carbocycles. The number of amides is 1. The van der Waals surface area contributed by atoms with Crippen molar-refractivity contribution in [2.75, 3.05) is 14.2 Å². The first kappa shape index (κ1) is 15.2. The summed E-state index contributed by atoms with van der Waals surface area (Å²) in [5.41, 5.74) is 1.22. The maximum Gasteiger partial charge on any atom is 0.271 e. The van der Waals surface area contributed by atoms with Gasteiger partial charge in [-0.25, -0.2) is 0 Å². The number of methoxy groups -OCH3 is 2. The molecule has 0 spiro atoms. The Morgan fingerprint density at radius 1 is 1.33 bits per heavy atom. The summed E-state index contributed by atoms with van der Waals surface area (Å²) in [6, 6.07) is 5.45. The average molecular weight is 310 g/mol. The van der Waals surface area contributed by atoms with Crippen molar-refractivity contribution in [1.82, 2.24) is 15.1 Å². The van der Waals surface area contributed by atoms with E-state index in [1.807, 2.05) is 12.1 Å². The van der Waals surface area contributed by atoms with Gasteiger partial charge in [0.05, 0.1) is 25.4 Å². The Labute approximate surface area is 127 Å². The van der Waals surface area contributed by atoms with E-state index >= 15 is 0 Å². The molecule has 1 amide bonds. The van der Waals surface area contributed by atoms with Gasteiger partial charge in [0.15, 0.2) is 11.5 Å². The number of nitrogens with one attached hydrogen (secondary N) is 1. The van der Waals surface area contributed by atoms with Gasteiger partial charge >= 0.3 is 0 Å². The van der Waals surface area contributed by atoms with E-state index in [-0.39, 0.29) is 5.91 Å². The van der Waals surface area contributed by atoms with E-state index in [0.717, 1.165) is 5.56 Å². The summed E-state index contributed by atoms with van der Waals surface area (Å²) in [4.78, 5) is 12.1. The molecular weight excluding hydrogens is 294 g/mol. The molecule has 6 nitrogen and oxygen atoms in total. The quantitative estimate of drug-likeness (QED) is 0.917. The third kappa shape index (κ3) is 3.28. The van der Waals surface area contributed by atoms with Crippen LogP contribution in [0.2, 0.25) is 5.02 Å². The van der Waals surface area contributed by atoms with Crippen LogP contribution in [0, 0.1) is 0 Å². The lowest BCUT2D eigenvalue weighted by atomic mass is 10.2. The van der Waals surface area contributed by atoms with Crippen molar-refractivity contribution in [2.45, 2.75) is 6.54 Å². The zero-order valence-electron chi connectivity index (χ0n) is 12.0. The van der Waals surface area contributed by atoms with Gasteiger partial charge in [0, 0.05) is 13.6 Å². The Bertz CT molecular complexity index is 635. The molecule has 112 valence electrons. The lowest BCUT2D eigenvalue weighted by Gasteiger charge is -2.10.